The molecule has 3 aromatic carbocycles. The SMILES string of the molecule is CSc1ccc(C=C(C(=O)Nc2ccccc2F)C(=O)Nc2ccccc2F)cc1. The van der Waals surface area contributed by atoms with Gasteiger partial charge in [0.25, 0.3) is 11.8 Å². The normalized spacial score (nSPS) is 10.2. The van der Waals surface area contributed by atoms with Gasteiger partial charge in [0.1, 0.15) is 17.2 Å². The number of hydrogen-bond acceptors (Lipinski definition) is 3. The van der Waals surface area contributed by atoms with Crippen molar-refractivity contribution in [1.82, 2.24) is 0 Å². The van der Waals surface area contributed by atoms with Crippen LogP contribution in [0.4, 0.5) is 20.2 Å². The van der Waals surface area contributed by atoms with Crippen molar-refractivity contribution in [1.29, 1.82) is 0 Å². The van der Waals surface area contributed by atoms with Crippen molar-refractivity contribution in [2.24, 2.45) is 0 Å². The standard InChI is InChI=1S/C23H18F2N2O2S/c1-30-16-12-10-15(11-13-16)14-17(22(28)26-20-8-4-2-6-18(20)24)23(29)27-21-9-5-3-7-19(21)25/h2-14H,1H3,(H,26,28)(H,27,29). The van der Waals surface area contributed by atoms with Gasteiger partial charge in [-0.25, -0.2) is 8.78 Å². The van der Waals surface area contributed by atoms with Crippen LogP contribution in [0.25, 0.3) is 6.08 Å². The third kappa shape index (κ3) is 5.33. The number of carbonyl (C=O) groups excluding carboxylic acids is 2. The Kier molecular flexibility index (Phi) is 6.98. The van der Waals surface area contributed by atoms with Gasteiger partial charge >= 0.3 is 0 Å². The first kappa shape index (κ1) is 21.3. The number of para-hydroxylation sites is 2. The molecule has 30 heavy (non-hydrogen) atoms. The van der Waals surface area contributed by atoms with E-state index < -0.39 is 23.4 Å². The molecule has 0 bridgehead atoms. The molecule has 0 aromatic heterocycles. The average molecular weight is 424 g/mol. The molecule has 3 rings (SSSR count). The largest absolute Gasteiger partial charge is 0.319 e. The van der Waals surface area contributed by atoms with Crippen molar-refractivity contribution in [2.75, 3.05) is 16.9 Å². The number of halogens is 2. The van der Waals surface area contributed by atoms with Gasteiger partial charge in [-0.15, -0.1) is 11.8 Å². The molecule has 0 saturated carbocycles. The minimum Gasteiger partial charge on any atom is -0.319 e. The molecule has 152 valence electrons. The lowest BCUT2D eigenvalue weighted by Crippen LogP contribution is -2.26. The number of anilines is 2. The Morgan fingerprint density at radius 1 is 0.767 bits per heavy atom. The lowest BCUT2D eigenvalue weighted by molar-refractivity contribution is -0.118. The van der Waals surface area contributed by atoms with Gasteiger partial charge in [-0.1, -0.05) is 36.4 Å². The molecule has 0 aliphatic rings. The Hall–Kier alpha value is -3.45. The number of amides is 2. The molecule has 0 fully saturated rings. The van der Waals surface area contributed by atoms with E-state index in [9.17, 15) is 18.4 Å². The van der Waals surface area contributed by atoms with Crippen LogP contribution >= 0.6 is 11.8 Å². The maximum atomic E-state index is 13.9. The number of thioether (sulfide) groups is 1. The lowest BCUT2D eigenvalue weighted by Gasteiger charge is -2.11. The van der Waals surface area contributed by atoms with Gasteiger partial charge < -0.3 is 10.6 Å². The Morgan fingerprint density at radius 3 is 1.67 bits per heavy atom. The average Bonchev–Trinajstić information content (AvgIpc) is 2.75. The second kappa shape index (κ2) is 9.84. The zero-order chi connectivity index (χ0) is 21.5. The van der Waals surface area contributed by atoms with Crippen LogP contribution in [-0.2, 0) is 9.59 Å². The van der Waals surface area contributed by atoms with E-state index in [1.165, 1.54) is 42.5 Å². The van der Waals surface area contributed by atoms with Gasteiger partial charge in [0, 0.05) is 4.90 Å². The number of hydrogen-bond donors (Lipinski definition) is 2. The van der Waals surface area contributed by atoms with E-state index in [0.717, 1.165) is 4.90 Å². The summed E-state index contributed by atoms with van der Waals surface area (Å²) in [4.78, 5) is 26.6. The summed E-state index contributed by atoms with van der Waals surface area (Å²) >= 11 is 1.55. The smallest absolute Gasteiger partial charge is 0.261 e. The van der Waals surface area contributed by atoms with Crippen LogP contribution in [0.5, 0.6) is 0 Å². The molecule has 3 aromatic rings. The first-order valence-corrected chi connectivity index (χ1v) is 10.2. The van der Waals surface area contributed by atoms with E-state index in [4.69, 9.17) is 0 Å². The second-order valence-corrected chi connectivity index (χ2v) is 7.08. The zero-order valence-electron chi connectivity index (χ0n) is 16.0. The molecule has 7 heteroatoms. The summed E-state index contributed by atoms with van der Waals surface area (Å²) in [6, 6.07) is 18.4. The first-order valence-electron chi connectivity index (χ1n) is 8.95. The summed E-state index contributed by atoms with van der Waals surface area (Å²) < 4.78 is 27.9. The van der Waals surface area contributed by atoms with E-state index in [-0.39, 0.29) is 16.9 Å². The third-order valence-electron chi connectivity index (χ3n) is 4.16. The maximum absolute atomic E-state index is 13.9. The molecule has 0 unspecified atom stereocenters. The fraction of sp³-hybridized carbons (Fsp3) is 0.0435. The molecule has 0 aliphatic heterocycles. The summed E-state index contributed by atoms with van der Waals surface area (Å²) in [6.45, 7) is 0. The summed E-state index contributed by atoms with van der Waals surface area (Å²) in [6.07, 6.45) is 3.30. The van der Waals surface area contributed by atoms with E-state index in [2.05, 4.69) is 10.6 Å². The molecule has 0 spiro atoms. The molecule has 0 heterocycles. The van der Waals surface area contributed by atoms with Crippen molar-refractivity contribution >= 4 is 41.0 Å². The summed E-state index contributed by atoms with van der Waals surface area (Å²) in [5.41, 5.74) is 0.170. The van der Waals surface area contributed by atoms with Crippen molar-refractivity contribution in [3.8, 4) is 0 Å². The van der Waals surface area contributed by atoms with E-state index in [1.54, 1.807) is 36.0 Å². The molecule has 0 atom stereocenters. The molecule has 4 nitrogen and oxygen atoms in total. The highest BCUT2D eigenvalue weighted by atomic mass is 32.2. The molecule has 0 radical (unpaired) electrons. The third-order valence-corrected chi connectivity index (χ3v) is 4.90. The van der Waals surface area contributed by atoms with Crippen molar-refractivity contribution < 1.29 is 18.4 Å². The van der Waals surface area contributed by atoms with E-state index >= 15 is 0 Å². The van der Waals surface area contributed by atoms with Crippen LogP contribution in [0.1, 0.15) is 5.56 Å². The molecule has 2 amide bonds. The highest BCUT2D eigenvalue weighted by molar-refractivity contribution is 7.98. The molecule has 2 N–H and O–H groups in total. The summed E-state index contributed by atoms with van der Waals surface area (Å²) in [5.74, 6) is -2.90. The van der Waals surface area contributed by atoms with Gasteiger partial charge in [0.15, 0.2) is 0 Å². The van der Waals surface area contributed by atoms with Crippen molar-refractivity contribution in [3.05, 3.63) is 95.6 Å². The highest BCUT2D eigenvalue weighted by Crippen LogP contribution is 2.20. The Morgan fingerprint density at radius 2 is 1.23 bits per heavy atom. The van der Waals surface area contributed by atoms with E-state index in [1.807, 2.05) is 18.4 Å². The highest BCUT2D eigenvalue weighted by Gasteiger charge is 2.21. The van der Waals surface area contributed by atoms with Crippen LogP contribution in [0.15, 0.2) is 83.3 Å². The molecular weight excluding hydrogens is 406 g/mol. The van der Waals surface area contributed by atoms with Gasteiger partial charge in [-0.05, 0) is 54.3 Å². The van der Waals surface area contributed by atoms with Gasteiger partial charge in [0.2, 0.25) is 0 Å². The number of benzene rings is 3. The van der Waals surface area contributed by atoms with Crippen molar-refractivity contribution in [3.63, 3.8) is 0 Å². The molecule has 0 aliphatic carbocycles. The first-order chi connectivity index (χ1) is 14.5. The zero-order valence-corrected chi connectivity index (χ0v) is 16.8. The molecule has 0 saturated heterocycles. The van der Waals surface area contributed by atoms with Crippen LogP contribution in [0.3, 0.4) is 0 Å². The summed E-state index contributed by atoms with van der Waals surface area (Å²) in [7, 11) is 0. The summed E-state index contributed by atoms with van der Waals surface area (Å²) in [5, 5.41) is 4.79. The van der Waals surface area contributed by atoms with Crippen LogP contribution in [0, 0.1) is 11.6 Å². The van der Waals surface area contributed by atoms with Crippen LogP contribution < -0.4 is 10.6 Å². The minimum atomic E-state index is -0.817. The van der Waals surface area contributed by atoms with Gasteiger partial charge in [0.05, 0.1) is 11.4 Å². The predicted octanol–water partition coefficient (Wildman–Crippen LogP) is 5.35. The second-order valence-electron chi connectivity index (χ2n) is 6.20. The van der Waals surface area contributed by atoms with E-state index in [0.29, 0.717) is 5.56 Å². The molecular formula is C23H18F2N2O2S. The quantitative estimate of drug-likeness (QED) is 0.243. The topological polar surface area (TPSA) is 58.2 Å². The Bertz CT molecular complexity index is 1040. The van der Waals surface area contributed by atoms with Crippen LogP contribution in [0.2, 0.25) is 0 Å². The number of nitrogens with one attached hydrogen (secondary N) is 2. The van der Waals surface area contributed by atoms with Gasteiger partial charge in [-0.2, -0.15) is 0 Å². The Balaban J connectivity index is 1.93. The maximum Gasteiger partial charge on any atom is 0.261 e. The number of carbonyl (C=O) groups is 2. The predicted molar refractivity (Wildman–Crippen MR) is 116 cm³/mol. The fourth-order valence-electron chi connectivity index (χ4n) is 2.61. The van der Waals surface area contributed by atoms with Crippen LogP contribution in [-0.4, -0.2) is 18.1 Å². The lowest BCUT2D eigenvalue weighted by atomic mass is 10.1. The monoisotopic (exact) mass is 424 g/mol. The fourth-order valence-corrected chi connectivity index (χ4v) is 3.01. The Labute approximate surface area is 177 Å². The van der Waals surface area contributed by atoms with Crippen molar-refractivity contribution in [2.45, 2.75) is 4.90 Å². The van der Waals surface area contributed by atoms with Gasteiger partial charge in [-0.3, -0.25) is 9.59 Å². The number of rotatable bonds is 6. The minimum absolute atomic E-state index is 0.0650.